The number of nitrogens with zero attached hydrogens (tertiary/aromatic N) is 1. The van der Waals surface area contributed by atoms with Crippen molar-refractivity contribution in [1.29, 1.82) is 0 Å². The summed E-state index contributed by atoms with van der Waals surface area (Å²) in [6.45, 7) is 1.61. The molecule has 1 heterocycles. The summed E-state index contributed by atoms with van der Waals surface area (Å²) in [6, 6.07) is 16.5. The van der Waals surface area contributed by atoms with Crippen LogP contribution in [0, 0.1) is 0 Å². The monoisotopic (exact) mass is 364 g/mol. The van der Waals surface area contributed by atoms with Crippen LogP contribution in [0.1, 0.15) is 36.8 Å². The highest BCUT2D eigenvalue weighted by Crippen LogP contribution is 2.36. The number of hydrogen-bond donors (Lipinski definition) is 1. The minimum absolute atomic E-state index is 0.267. The van der Waals surface area contributed by atoms with E-state index in [0.717, 1.165) is 63.1 Å². The number of carbonyl (C=O) groups excluding carboxylic acids is 1. The smallest absolute Gasteiger partial charge is 0.248 e. The first-order valence-electron chi connectivity index (χ1n) is 9.99. The van der Waals surface area contributed by atoms with E-state index in [1.54, 1.807) is 7.11 Å². The number of ether oxygens (including phenoxy) is 1. The van der Waals surface area contributed by atoms with Crippen LogP contribution >= 0.6 is 0 Å². The molecular weight excluding hydrogens is 336 g/mol. The Kier molecular flexibility index (Phi) is 5.06. The largest absolute Gasteiger partial charge is 0.497 e. The van der Waals surface area contributed by atoms with Crippen molar-refractivity contribution in [1.82, 2.24) is 4.90 Å². The number of carbonyl (C=O) groups is 1. The van der Waals surface area contributed by atoms with Crippen molar-refractivity contribution < 1.29 is 9.53 Å². The van der Waals surface area contributed by atoms with Crippen molar-refractivity contribution in [2.24, 2.45) is 0 Å². The van der Waals surface area contributed by atoms with Gasteiger partial charge < -0.3 is 15.0 Å². The lowest BCUT2D eigenvalue weighted by molar-refractivity contribution is -0.135. The maximum Gasteiger partial charge on any atom is 0.248 e. The SMILES string of the molecule is COc1ccc(NC2(C(=O)N3CCc4ccccc4CC3)CCCC2)cc1. The van der Waals surface area contributed by atoms with Gasteiger partial charge in [0.1, 0.15) is 11.3 Å². The van der Waals surface area contributed by atoms with E-state index in [-0.39, 0.29) is 5.91 Å². The van der Waals surface area contributed by atoms with Crippen molar-refractivity contribution in [2.45, 2.75) is 44.1 Å². The van der Waals surface area contributed by atoms with Gasteiger partial charge in [-0.25, -0.2) is 0 Å². The average molecular weight is 364 g/mol. The van der Waals surface area contributed by atoms with Crippen molar-refractivity contribution in [3.8, 4) is 5.75 Å². The maximum absolute atomic E-state index is 13.6. The zero-order valence-electron chi connectivity index (χ0n) is 16.0. The van der Waals surface area contributed by atoms with Crippen LogP contribution in [0.15, 0.2) is 48.5 Å². The van der Waals surface area contributed by atoms with Crippen LogP contribution in [-0.4, -0.2) is 36.5 Å². The first-order valence-corrected chi connectivity index (χ1v) is 9.99. The molecule has 1 aliphatic heterocycles. The molecule has 0 saturated heterocycles. The second kappa shape index (κ2) is 7.63. The Labute approximate surface area is 161 Å². The van der Waals surface area contributed by atoms with E-state index in [1.807, 2.05) is 24.3 Å². The Morgan fingerprint density at radius 2 is 1.56 bits per heavy atom. The number of benzene rings is 2. The molecule has 2 aliphatic rings. The lowest BCUT2D eigenvalue weighted by atomic mass is 9.94. The number of anilines is 1. The van der Waals surface area contributed by atoms with E-state index in [2.05, 4.69) is 34.5 Å². The average Bonchev–Trinajstić information content (AvgIpc) is 3.08. The summed E-state index contributed by atoms with van der Waals surface area (Å²) in [5, 5.41) is 3.60. The number of methoxy groups -OCH3 is 1. The van der Waals surface area contributed by atoms with Crippen LogP contribution in [0.2, 0.25) is 0 Å². The van der Waals surface area contributed by atoms with Crippen LogP contribution < -0.4 is 10.1 Å². The molecular formula is C23H28N2O2. The molecule has 1 N–H and O–H groups in total. The fourth-order valence-corrected chi connectivity index (χ4v) is 4.50. The maximum atomic E-state index is 13.6. The molecule has 4 heteroatoms. The predicted molar refractivity (Wildman–Crippen MR) is 108 cm³/mol. The highest BCUT2D eigenvalue weighted by Gasteiger charge is 2.43. The Hall–Kier alpha value is -2.49. The zero-order chi connectivity index (χ0) is 18.7. The number of rotatable bonds is 4. The first-order chi connectivity index (χ1) is 13.2. The highest BCUT2D eigenvalue weighted by molar-refractivity contribution is 5.90. The molecule has 0 atom stereocenters. The molecule has 27 heavy (non-hydrogen) atoms. The molecule has 142 valence electrons. The van der Waals surface area contributed by atoms with Crippen molar-refractivity contribution in [3.63, 3.8) is 0 Å². The third-order valence-electron chi connectivity index (χ3n) is 6.05. The van der Waals surface area contributed by atoms with Gasteiger partial charge in [0.05, 0.1) is 7.11 Å². The van der Waals surface area contributed by atoms with Crippen LogP contribution in [0.5, 0.6) is 5.75 Å². The Morgan fingerprint density at radius 1 is 0.963 bits per heavy atom. The van der Waals surface area contributed by atoms with Gasteiger partial charge in [0.15, 0.2) is 0 Å². The van der Waals surface area contributed by atoms with Gasteiger partial charge in [-0.15, -0.1) is 0 Å². The van der Waals surface area contributed by atoms with Crippen molar-refractivity contribution >= 4 is 11.6 Å². The van der Waals surface area contributed by atoms with Gasteiger partial charge >= 0.3 is 0 Å². The quantitative estimate of drug-likeness (QED) is 0.890. The standard InChI is InChI=1S/C23H28N2O2/c1-27-21-10-8-20(9-11-21)24-23(14-4-5-15-23)22(26)25-16-12-18-6-2-3-7-19(18)13-17-25/h2-3,6-11,24H,4-5,12-17H2,1H3. The number of nitrogens with one attached hydrogen (secondary N) is 1. The summed E-state index contributed by atoms with van der Waals surface area (Å²) in [6.07, 6.45) is 5.90. The molecule has 4 rings (SSSR count). The zero-order valence-corrected chi connectivity index (χ0v) is 16.0. The number of fused-ring (bicyclic) bond motifs is 1. The molecule has 0 unspecified atom stereocenters. The highest BCUT2D eigenvalue weighted by atomic mass is 16.5. The predicted octanol–water partition coefficient (Wildman–Crippen LogP) is 4.05. The molecule has 1 fully saturated rings. The summed E-state index contributed by atoms with van der Waals surface area (Å²) in [5.74, 6) is 1.10. The Bertz CT molecular complexity index is 767. The van der Waals surface area contributed by atoms with Crippen molar-refractivity contribution in [3.05, 3.63) is 59.7 Å². The Balaban J connectivity index is 1.52. The molecule has 1 aliphatic carbocycles. The fourth-order valence-electron chi connectivity index (χ4n) is 4.50. The van der Waals surface area contributed by atoms with Crippen LogP contribution in [0.25, 0.3) is 0 Å². The number of amides is 1. The van der Waals surface area contributed by atoms with E-state index in [4.69, 9.17) is 4.74 Å². The van der Waals surface area contributed by atoms with Crippen LogP contribution in [0.4, 0.5) is 5.69 Å². The third-order valence-corrected chi connectivity index (χ3v) is 6.05. The van der Waals surface area contributed by atoms with Gasteiger partial charge in [0.2, 0.25) is 5.91 Å². The topological polar surface area (TPSA) is 41.6 Å². The molecule has 1 amide bonds. The van der Waals surface area contributed by atoms with Gasteiger partial charge in [-0.2, -0.15) is 0 Å². The lowest BCUT2D eigenvalue weighted by Crippen LogP contribution is -2.53. The summed E-state index contributed by atoms with van der Waals surface area (Å²) in [4.78, 5) is 15.7. The molecule has 2 aromatic carbocycles. The Morgan fingerprint density at radius 3 is 2.11 bits per heavy atom. The molecule has 0 radical (unpaired) electrons. The second-order valence-corrected chi connectivity index (χ2v) is 7.70. The van der Waals surface area contributed by atoms with Crippen LogP contribution in [-0.2, 0) is 17.6 Å². The minimum Gasteiger partial charge on any atom is -0.497 e. The van der Waals surface area contributed by atoms with E-state index in [0.29, 0.717) is 0 Å². The van der Waals surface area contributed by atoms with Gasteiger partial charge in [0, 0.05) is 18.8 Å². The normalized spacial score (nSPS) is 18.5. The summed E-state index contributed by atoms with van der Waals surface area (Å²) >= 11 is 0. The summed E-state index contributed by atoms with van der Waals surface area (Å²) in [7, 11) is 1.67. The molecule has 0 bridgehead atoms. The van der Waals surface area contributed by atoms with Gasteiger partial charge in [-0.05, 0) is 61.1 Å². The molecule has 0 aromatic heterocycles. The molecule has 1 saturated carbocycles. The van der Waals surface area contributed by atoms with Crippen molar-refractivity contribution in [2.75, 3.05) is 25.5 Å². The van der Waals surface area contributed by atoms with E-state index in [1.165, 1.54) is 11.1 Å². The number of hydrogen-bond acceptors (Lipinski definition) is 3. The summed E-state index contributed by atoms with van der Waals surface area (Å²) < 4.78 is 5.25. The van der Waals surface area contributed by atoms with Crippen LogP contribution in [0.3, 0.4) is 0 Å². The lowest BCUT2D eigenvalue weighted by Gasteiger charge is -2.35. The molecule has 4 nitrogen and oxygen atoms in total. The minimum atomic E-state index is -0.467. The second-order valence-electron chi connectivity index (χ2n) is 7.70. The first kappa shape index (κ1) is 17.9. The van der Waals surface area contributed by atoms with E-state index in [9.17, 15) is 4.79 Å². The molecule has 2 aromatic rings. The van der Waals surface area contributed by atoms with Gasteiger partial charge in [0.25, 0.3) is 0 Å². The van der Waals surface area contributed by atoms with E-state index < -0.39 is 5.54 Å². The third kappa shape index (κ3) is 3.66. The fraction of sp³-hybridized carbons (Fsp3) is 0.435. The summed E-state index contributed by atoms with van der Waals surface area (Å²) in [5.41, 5.74) is 3.29. The molecule has 0 spiro atoms. The van der Waals surface area contributed by atoms with E-state index >= 15 is 0 Å². The van der Waals surface area contributed by atoms with Gasteiger partial charge in [-0.1, -0.05) is 37.1 Å². The van der Waals surface area contributed by atoms with Gasteiger partial charge in [-0.3, -0.25) is 4.79 Å².